The van der Waals surface area contributed by atoms with Gasteiger partial charge in [-0.15, -0.1) is 0 Å². The molecule has 2 aliphatic rings. The molecule has 2 saturated heterocycles. The molecule has 9 nitrogen and oxygen atoms in total. The highest BCUT2D eigenvalue weighted by Gasteiger charge is 2.35. The molecule has 2 unspecified atom stereocenters. The first kappa shape index (κ1) is 17.0. The lowest BCUT2D eigenvalue weighted by Crippen LogP contribution is -2.67. The molecule has 2 fully saturated rings. The minimum absolute atomic E-state index is 0.200. The third-order valence-corrected chi connectivity index (χ3v) is 4.87. The molecule has 0 saturated carbocycles. The molecule has 4 rings (SSSR count). The number of nitrogens with zero attached hydrogens (tertiary/aromatic N) is 6. The van der Waals surface area contributed by atoms with E-state index in [1.807, 2.05) is 11.9 Å². The molecule has 0 spiro atoms. The first-order valence-corrected chi connectivity index (χ1v) is 8.48. The molecule has 0 aliphatic carbocycles. The van der Waals surface area contributed by atoms with Crippen LogP contribution in [0.25, 0.3) is 11.0 Å². The summed E-state index contributed by atoms with van der Waals surface area (Å²) in [6.45, 7) is 2.54. The van der Waals surface area contributed by atoms with Crippen molar-refractivity contribution in [3.05, 3.63) is 12.5 Å². The van der Waals surface area contributed by atoms with Gasteiger partial charge in [-0.2, -0.15) is 5.10 Å². The van der Waals surface area contributed by atoms with Crippen LogP contribution in [0.5, 0.6) is 0 Å². The van der Waals surface area contributed by atoms with Gasteiger partial charge in [-0.25, -0.2) is 18.7 Å². The Labute approximate surface area is 148 Å². The largest absolute Gasteiger partial charge is 0.353 e. The number of aromatic nitrogens is 4. The number of hydrogen-bond acceptors (Lipinski definition) is 7. The Hall–Kier alpha value is -2.40. The van der Waals surface area contributed by atoms with Gasteiger partial charge in [0.1, 0.15) is 18.4 Å². The third kappa shape index (κ3) is 3.07. The summed E-state index contributed by atoms with van der Waals surface area (Å²) in [6.07, 6.45) is -0.0748. The fraction of sp³-hybridized carbons (Fsp3) is 0.600. The number of rotatable bonds is 3. The second-order valence-corrected chi connectivity index (χ2v) is 6.51. The Morgan fingerprint density at radius 3 is 2.73 bits per heavy atom. The zero-order chi connectivity index (χ0) is 18.3. The second-order valence-electron chi connectivity index (χ2n) is 6.51. The molecule has 2 aromatic rings. The van der Waals surface area contributed by atoms with Crippen LogP contribution in [-0.2, 0) is 11.8 Å². The number of fused-ring (bicyclic) bond motifs is 1. The number of anilines is 1. The Morgan fingerprint density at radius 2 is 2.00 bits per heavy atom. The zero-order valence-corrected chi connectivity index (χ0v) is 14.3. The molecule has 26 heavy (non-hydrogen) atoms. The van der Waals surface area contributed by atoms with Gasteiger partial charge in [-0.1, -0.05) is 0 Å². The van der Waals surface area contributed by atoms with Crippen LogP contribution < -0.4 is 15.5 Å². The fourth-order valence-electron chi connectivity index (χ4n) is 3.47. The molecule has 4 heterocycles. The first-order valence-electron chi connectivity index (χ1n) is 8.48. The summed E-state index contributed by atoms with van der Waals surface area (Å²) < 4.78 is 27.7. The van der Waals surface area contributed by atoms with E-state index < -0.39 is 18.8 Å². The highest BCUT2D eigenvalue weighted by molar-refractivity contribution is 5.86. The molecule has 0 radical (unpaired) electrons. The molecular formula is C15H20F2N8O. The van der Waals surface area contributed by atoms with E-state index in [2.05, 4.69) is 30.6 Å². The number of nitrogens with one attached hydrogen (secondary N) is 2. The number of aryl methyl sites for hydroxylation is 1. The summed E-state index contributed by atoms with van der Waals surface area (Å²) >= 11 is 0. The Kier molecular flexibility index (Phi) is 4.41. The highest BCUT2D eigenvalue weighted by Crippen LogP contribution is 2.23. The van der Waals surface area contributed by atoms with Crippen molar-refractivity contribution in [2.45, 2.75) is 25.2 Å². The van der Waals surface area contributed by atoms with E-state index in [4.69, 9.17) is 0 Å². The number of hydrogen-bond donors (Lipinski definition) is 2. The molecule has 140 valence electrons. The van der Waals surface area contributed by atoms with Crippen LogP contribution in [-0.4, -0.2) is 75.5 Å². The van der Waals surface area contributed by atoms with Gasteiger partial charge in [-0.3, -0.25) is 19.7 Å². The summed E-state index contributed by atoms with van der Waals surface area (Å²) in [4.78, 5) is 24.4. The number of carbonyl (C=O) groups is 1. The van der Waals surface area contributed by atoms with Gasteiger partial charge in [-0.05, 0) is 0 Å². The summed E-state index contributed by atoms with van der Waals surface area (Å²) in [5.41, 5.74) is 0.762. The molecule has 0 bridgehead atoms. The number of alkyl halides is 2. The van der Waals surface area contributed by atoms with Gasteiger partial charge in [0, 0.05) is 39.6 Å². The van der Waals surface area contributed by atoms with E-state index in [0.717, 1.165) is 16.9 Å². The van der Waals surface area contributed by atoms with E-state index in [-0.39, 0.29) is 12.3 Å². The van der Waals surface area contributed by atoms with Gasteiger partial charge in [0.2, 0.25) is 5.91 Å². The summed E-state index contributed by atoms with van der Waals surface area (Å²) in [6, 6.07) is -1.11. The highest BCUT2D eigenvalue weighted by atomic mass is 19.3. The second kappa shape index (κ2) is 6.72. The Morgan fingerprint density at radius 1 is 1.23 bits per heavy atom. The third-order valence-electron chi connectivity index (χ3n) is 4.87. The average molecular weight is 366 g/mol. The van der Waals surface area contributed by atoms with Crippen molar-refractivity contribution >= 4 is 22.8 Å². The van der Waals surface area contributed by atoms with E-state index in [1.165, 1.54) is 6.33 Å². The summed E-state index contributed by atoms with van der Waals surface area (Å²) in [7, 11) is 1.83. The Balaban J connectivity index is 1.44. The minimum Gasteiger partial charge on any atom is -0.353 e. The Bertz CT molecular complexity index is 804. The van der Waals surface area contributed by atoms with Crippen molar-refractivity contribution in [1.29, 1.82) is 0 Å². The van der Waals surface area contributed by atoms with Gasteiger partial charge in [0.05, 0.1) is 17.6 Å². The number of carbonyl (C=O) groups excluding carboxylic acids is 1. The number of amides is 1. The molecule has 2 aromatic heterocycles. The van der Waals surface area contributed by atoms with Gasteiger partial charge in [0.15, 0.2) is 5.65 Å². The minimum atomic E-state index is -2.57. The molecule has 11 heteroatoms. The molecule has 2 aliphatic heterocycles. The molecular weight excluding hydrogens is 346 g/mol. The van der Waals surface area contributed by atoms with Gasteiger partial charge >= 0.3 is 0 Å². The van der Waals surface area contributed by atoms with Crippen molar-refractivity contribution in [1.82, 2.24) is 35.3 Å². The van der Waals surface area contributed by atoms with Crippen molar-refractivity contribution in [3.8, 4) is 0 Å². The summed E-state index contributed by atoms with van der Waals surface area (Å²) in [5, 5.41) is 10.7. The van der Waals surface area contributed by atoms with Crippen LogP contribution in [0.4, 0.5) is 14.6 Å². The first-order chi connectivity index (χ1) is 12.5. The normalized spacial score (nSPS) is 25.1. The SMILES string of the molecule is Cn1ncc2c(N3CCN(C4NC(=O)CC(C(F)F)N4)CC3)ncnc21. The van der Waals surface area contributed by atoms with Crippen molar-refractivity contribution in [2.75, 3.05) is 31.1 Å². The van der Waals surface area contributed by atoms with Crippen LogP contribution >= 0.6 is 0 Å². The lowest BCUT2D eigenvalue weighted by Gasteiger charge is -2.43. The number of halogens is 2. The zero-order valence-electron chi connectivity index (χ0n) is 14.3. The van der Waals surface area contributed by atoms with Crippen molar-refractivity contribution < 1.29 is 13.6 Å². The topological polar surface area (TPSA) is 91.2 Å². The van der Waals surface area contributed by atoms with Crippen LogP contribution in [0, 0.1) is 0 Å². The predicted octanol–water partition coefficient (Wildman–Crippen LogP) is -0.488. The number of piperazine rings is 1. The van der Waals surface area contributed by atoms with Crippen LogP contribution in [0.2, 0.25) is 0 Å². The van der Waals surface area contributed by atoms with Crippen LogP contribution in [0.3, 0.4) is 0 Å². The summed E-state index contributed by atoms with van der Waals surface area (Å²) in [5.74, 6) is 0.461. The lowest BCUT2D eigenvalue weighted by molar-refractivity contribution is -0.129. The molecule has 1 amide bonds. The average Bonchev–Trinajstić information content (AvgIpc) is 3.03. The van der Waals surface area contributed by atoms with Gasteiger partial charge < -0.3 is 10.2 Å². The van der Waals surface area contributed by atoms with Crippen molar-refractivity contribution in [3.63, 3.8) is 0 Å². The fourth-order valence-corrected chi connectivity index (χ4v) is 3.47. The van der Waals surface area contributed by atoms with Crippen LogP contribution in [0.1, 0.15) is 6.42 Å². The lowest BCUT2D eigenvalue weighted by atomic mass is 10.1. The van der Waals surface area contributed by atoms with E-state index >= 15 is 0 Å². The molecule has 2 N–H and O–H groups in total. The maximum Gasteiger partial charge on any atom is 0.254 e. The smallest absolute Gasteiger partial charge is 0.254 e. The van der Waals surface area contributed by atoms with Gasteiger partial charge in [0.25, 0.3) is 6.43 Å². The van der Waals surface area contributed by atoms with E-state index in [9.17, 15) is 13.6 Å². The maximum absolute atomic E-state index is 13.0. The monoisotopic (exact) mass is 366 g/mol. The standard InChI is InChI=1S/C15H20F2N8O/c1-23-13-9(7-20-23)14(19-8-18-13)24-2-4-25(5-3-24)15-21-10(12(16)17)6-11(26)22-15/h7-8,10,12,15,21H,2-6H2,1H3,(H,22,26). The predicted molar refractivity (Wildman–Crippen MR) is 89.6 cm³/mol. The molecule has 2 atom stereocenters. The van der Waals surface area contributed by atoms with Crippen molar-refractivity contribution in [2.24, 2.45) is 7.05 Å². The molecule has 0 aromatic carbocycles. The van der Waals surface area contributed by atoms with Crippen LogP contribution in [0.15, 0.2) is 12.5 Å². The maximum atomic E-state index is 13.0. The van der Waals surface area contributed by atoms with E-state index in [1.54, 1.807) is 10.9 Å². The van der Waals surface area contributed by atoms with E-state index in [0.29, 0.717) is 26.2 Å². The quantitative estimate of drug-likeness (QED) is 0.758.